The summed E-state index contributed by atoms with van der Waals surface area (Å²) in [5.74, 6) is -0.560. The summed E-state index contributed by atoms with van der Waals surface area (Å²) >= 11 is 9.28. The molecule has 0 fully saturated rings. The molecule has 1 N–H and O–H groups in total. The lowest BCUT2D eigenvalue weighted by Gasteiger charge is -1.99. The summed E-state index contributed by atoms with van der Waals surface area (Å²) in [5.41, 5.74) is 0.585. The van der Waals surface area contributed by atoms with Gasteiger partial charge in [0.2, 0.25) is 0 Å². The summed E-state index contributed by atoms with van der Waals surface area (Å²) in [4.78, 5) is 28.2. The number of esters is 1. The molecule has 112 valence electrons. The van der Waals surface area contributed by atoms with Crippen LogP contribution in [0.2, 0.25) is 0 Å². The van der Waals surface area contributed by atoms with Crippen molar-refractivity contribution in [2.24, 2.45) is 0 Å². The van der Waals surface area contributed by atoms with Crippen molar-refractivity contribution in [3.05, 3.63) is 30.3 Å². The monoisotopic (exact) mass is 452 g/mol. The number of anilines is 1. The van der Waals surface area contributed by atoms with Crippen LogP contribution in [0.15, 0.2) is 19.7 Å². The SMILES string of the molecule is CCOC(=O)Cc1csc(NC(=O)c2cc(Br)c(Br)s2)n1. The first-order valence-electron chi connectivity index (χ1n) is 5.85. The Morgan fingerprint density at radius 1 is 1.43 bits per heavy atom. The molecule has 0 spiro atoms. The fourth-order valence-electron chi connectivity index (χ4n) is 1.42. The Hall–Kier alpha value is -0.770. The Morgan fingerprint density at radius 2 is 2.19 bits per heavy atom. The fraction of sp³-hybridized carbons (Fsp3) is 0.250. The van der Waals surface area contributed by atoms with Gasteiger partial charge in [-0.05, 0) is 44.8 Å². The number of thiazole rings is 1. The van der Waals surface area contributed by atoms with Gasteiger partial charge in [0, 0.05) is 9.85 Å². The molecular weight excluding hydrogens is 444 g/mol. The van der Waals surface area contributed by atoms with Crippen LogP contribution in [0.4, 0.5) is 5.13 Å². The summed E-state index contributed by atoms with van der Waals surface area (Å²) in [6.45, 7) is 2.09. The number of nitrogens with zero attached hydrogens (tertiary/aromatic N) is 1. The van der Waals surface area contributed by atoms with E-state index in [4.69, 9.17) is 4.74 Å². The summed E-state index contributed by atoms with van der Waals surface area (Å²) in [7, 11) is 0. The highest BCUT2D eigenvalue weighted by Crippen LogP contribution is 2.32. The predicted molar refractivity (Wildman–Crippen MR) is 90.1 cm³/mol. The number of thiophene rings is 1. The highest BCUT2D eigenvalue weighted by molar-refractivity contribution is 9.13. The van der Waals surface area contributed by atoms with Crippen molar-refractivity contribution in [1.82, 2.24) is 4.98 Å². The first-order valence-corrected chi connectivity index (χ1v) is 9.14. The van der Waals surface area contributed by atoms with Crippen LogP contribution in [0.5, 0.6) is 0 Å². The van der Waals surface area contributed by atoms with Crippen molar-refractivity contribution in [2.75, 3.05) is 11.9 Å². The molecule has 9 heteroatoms. The van der Waals surface area contributed by atoms with Crippen LogP contribution in [-0.4, -0.2) is 23.5 Å². The maximum atomic E-state index is 12.0. The number of nitrogens with one attached hydrogen (secondary N) is 1. The topological polar surface area (TPSA) is 68.3 Å². The van der Waals surface area contributed by atoms with Crippen molar-refractivity contribution in [3.8, 4) is 0 Å². The van der Waals surface area contributed by atoms with Gasteiger partial charge in [-0.2, -0.15) is 0 Å². The highest BCUT2D eigenvalue weighted by atomic mass is 79.9. The molecule has 0 saturated heterocycles. The van der Waals surface area contributed by atoms with Crippen LogP contribution in [0, 0.1) is 0 Å². The number of carbonyl (C=O) groups excluding carboxylic acids is 2. The molecule has 0 aliphatic heterocycles. The molecular formula is C12H10Br2N2O3S2. The minimum atomic E-state index is -0.327. The normalized spacial score (nSPS) is 10.4. The minimum Gasteiger partial charge on any atom is -0.466 e. The van der Waals surface area contributed by atoms with Crippen LogP contribution in [0.25, 0.3) is 0 Å². The maximum absolute atomic E-state index is 12.0. The lowest BCUT2D eigenvalue weighted by atomic mass is 10.3. The number of amides is 1. The Bertz CT molecular complexity index is 650. The standard InChI is InChI=1S/C12H10Br2N2O3S2/c1-2-19-9(17)3-6-5-20-12(15-6)16-11(18)8-4-7(13)10(14)21-8/h4-5H,2-3H2,1H3,(H,15,16,18). The van der Waals surface area contributed by atoms with E-state index in [-0.39, 0.29) is 18.3 Å². The highest BCUT2D eigenvalue weighted by Gasteiger charge is 2.14. The van der Waals surface area contributed by atoms with E-state index in [2.05, 4.69) is 42.2 Å². The molecule has 21 heavy (non-hydrogen) atoms. The predicted octanol–water partition coefficient (Wildman–Crippen LogP) is 4.09. The van der Waals surface area contributed by atoms with Crippen LogP contribution in [-0.2, 0) is 16.0 Å². The Kier molecular flexibility index (Phi) is 5.91. The van der Waals surface area contributed by atoms with E-state index in [1.165, 1.54) is 22.7 Å². The molecule has 0 aromatic carbocycles. The molecule has 2 rings (SSSR count). The quantitative estimate of drug-likeness (QED) is 0.692. The third-order valence-corrected chi connectivity index (χ3v) is 6.33. The average molecular weight is 454 g/mol. The number of rotatable bonds is 5. The van der Waals surface area contributed by atoms with Crippen molar-refractivity contribution >= 4 is 71.5 Å². The number of hydrogen-bond donors (Lipinski definition) is 1. The van der Waals surface area contributed by atoms with Crippen LogP contribution >= 0.6 is 54.5 Å². The second-order valence-corrected chi connectivity index (χ2v) is 7.89. The number of halogens is 2. The van der Waals surface area contributed by atoms with Gasteiger partial charge >= 0.3 is 5.97 Å². The van der Waals surface area contributed by atoms with Crippen molar-refractivity contribution < 1.29 is 14.3 Å². The van der Waals surface area contributed by atoms with Gasteiger partial charge in [-0.1, -0.05) is 0 Å². The molecule has 0 radical (unpaired) electrons. The van der Waals surface area contributed by atoms with Crippen LogP contribution < -0.4 is 5.32 Å². The van der Waals surface area contributed by atoms with Crippen LogP contribution in [0.1, 0.15) is 22.3 Å². The molecule has 0 aliphatic carbocycles. The second kappa shape index (κ2) is 7.48. The van der Waals surface area contributed by atoms with Crippen molar-refractivity contribution in [3.63, 3.8) is 0 Å². The Morgan fingerprint density at radius 3 is 2.81 bits per heavy atom. The molecule has 0 unspecified atom stereocenters. The third-order valence-electron chi connectivity index (χ3n) is 2.27. The fourth-order valence-corrected chi connectivity index (χ4v) is 4.06. The van der Waals surface area contributed by atoms with Gasteiger partial charge in [0.15, 0.2) is 5.13 Å². The molecule has 0 saturated carbocycles. The smallest absolute Gasteiger partial charge is 0.311 e. The van der Waals surface area contributed by atoms with Crippen molar-refractivity contribution in [1.29, 1.82) is 0 Å². The molecule has 0 aliphatic rings. The first-order chi connectivity index (χ1) is 9.99. The maximum Gasteiger partial charge on any atom is 0.311 e. The minimum absolute atomic E-state index is 0.107. The molecule has 1 amide bonds. The molecule has 2 aromatic rings. The summed E-state index contributed by atoms with van der Waals surface area (Å²) in [5, 5.41) is 4.90. The van der Waals surface area contributed by atoms with Gasteiger partial charge in [0.05, 0.1) is 27.4 Å². The van der Waals surface area contributed by atoms with Crippen LogP contribution in [0.3, 0.4) is 0 Å². The van der Waals surface area contributed by atoms with E-state index in [1.807, 2.05) is 0 Å². The zero-order valence-electron chi connectivity index (χ0n) is 10.8. The zero-order chi connectivity index (χ0) is 15.4. The number of carbonyl (C=O) groups is 2. The lowest BCUT2D eigenvalue weighted by molar-refractivity contribution is -0.142. The van der Waals surface area contributed by atoms with Gasteiger partial charge in [0.1, 0.15) is 0 Å². The van der Waals surface area contributed by atoms with E-state index in [1.54, 1.807) is 18.4 Å². The Balaban J connectivity index is 1.99. The van der Waals surface area contributed by atoms with E-state index >= 15 is 0 Å². The molecule has 2 aromatic heterocycles. The van der Waals surface area contributed by atoms with E-state index in [0.717, 1.165) is 8.26 Å². The Labute approximate surface area is 146 Å². The van der Waals surface area contributed by atoms with E-state index in [9.17, 15) is 9.59 Å². The van der Waals surface area contributed by atoms with Gasteiger partial charge in [0.25, 0.3) is 5.91 Å². The number of ether oxygens (including phenoxy) is 1. The first kappa shape index (κ1) is 16.6. The zero-order valence-corrected chi connectivity index (χ0v) is 15.6. The van der Waals surface area contributed by atoms with Gasteiger partial charge in [-0.15, -0.1) is 22.7 Å². The van der Waals surface area contributed by atoms with Gasteiger partial charge in [-0.25, -0.2) is 4.98 Å². The number of aromatic nitrogens is 1. The number of hydrogen-bond acceptors (Lipinski definition) is 6. The van der Waals surface area contributed by atoms with Gasteiger partial charge < -0.3 is 4.74 Å². The van der Waals surface area contributed by atoms with E-state index < -0.39 is 0 Å². The van der Waals surface area contributed by atoms with E-state index in [0.29, 0.717) is 22.3 Å². The van der Waals surface area contributed by atoms with Crippen molar-refractivity contribution in [2.45, 2.75) is 13.3 Å². The summed E-state index contributed by atoms with van der Waals surface area (Å²) < 4.78 is 6.54. The molecule has 0 atom stereocenters. The summed E-state index contributed by atoms with van der Waals surface area (Å²) in [6, 6.07) is 1.73. The lowest BCUT2D eigenvalue weighted by Crippen LogP contribution is -2.11. The largest absolute Gasteiger partial charge is 0.466 e. The molecule has 0 bridgehead atoms. The summed E-state index contributed by atoms with van der Waals surface area (Å²) in [6.07, 6.45) is 0.107. The molecule has 2 heterocycles. The third kappa shape index (κ3) is 4.60. The molecule has 5 nitrogen and oxygen atoms in total. The second-order valence-electron chi connectivity index (χ2n) is 3.81. The van der Waals surface area contributed by atoms with Gasteiger partial charge in [-0.3, -0.25) is 14.9 Å². The average Bonchev–Trinajstić information content (AvgIpc) is 2.98.